The van der Waals surface area contributed by atoms with Crippen molar-refractivity contribution in [3.8, 4) is 0 Å². The molecule has 152 valence electrons. The Morgan fingerprint density at radius 3 is 2.80 bits per heavy atom. The molecule has 0 saturated heterocycles. The van der Waals surface area contributed by atoms with E-state index >= 15 is 0 Å². The second-order valence-corrected chi connectivity index (χ2v) is 8.38. The lowest BCUT2D eigenvalue weighted by Gasteiger charge is -2.13. The fraction of sp³-hybridized carbons (Fsp3) is 0.158. The number of imide groups is 1. The topological polar surface area (TPSA) is 120 Å². The molecule has 0 aliphatic carbocycles. The minimum Gasteiger partial charge on any atom is -0.465 e. The predicted molar refractivity (Wildman–Crippen MR) is 111 cm³/mol. The number of benzene rings is 2. The molecular formula is C19H13N3O6S2. The fourth-order valence-electron chi connectivity index (χ4n) is 3.07. The Labute approximate surface area is 177 Å². The number of thiazole rings is 1. The molecule has 0 saturated carbocycles. The van der Waals surface area contributed by atoms with Crippen LogP contribution in [0.1, 0.15) is 27.6 Å². The molecule has 3 aromatic rings. The number of carbonyl (C=O) groups is 3. The molecule has 2 aromatic carbocycles. The summed E-state index contributed by atoms with van der Waals surface area (Å²) >= 11 is 2.55. The summed E-state index contributed by atoms with van der Waals surface area (Å²) in [4.78, 5) is 53.1. The highest BCUT2D eigenvalue weighted by molar-refractivity contribution is 8.01. The molecular weight excluding hydrogens is 430 g/mol. The summed E-state index contributed by atoms with van der Waals surface area (Å²) in [5.74, 6) is -1.56. The fourth-order valence-corrected chi connectivity index (χ4v) is 4.97. The van der Waals surface area contributed by atoms with Gasteiger partial charge in [-0.25, -0.2) is 9.88 Å². The van der Waals surface area contributed by atoms with Crippen LogP contribution in [-0.4, -0.2) is 40.1 Å². The zero-order valence-corrected chi connectivity index (χ0v) is 17.1. The van der Waals surface area contributed by atoms with Crippen molar-refractivity contribution in [2.45, 2.75) is 11.3 Å². The Morgan fingerprint density at radius 1 is 1.27 bits per heavy atom. The number of anilines is 1. The number of amides is 2. The average molecular weight is 443 g/mol. The molecule has 30 heavy (non-hydrogen) atoms. The smallest absolute Gasteiger partial charge is 0.316 e. The Bertz CT molecular complexity index is 1220. The van der Waals surface area contributed by atoms with Gasteiger partial charge < -0.3 is 4.74 Å². The maximum absolute atomic E-state index is 12.8. The van der Waals surface area contributed by atoms with Crippen molar-refractivity contribution in [1.29, 1.82) is 0 Å². The van der Waals surface area contributed by atoms with Crippen molar-refractivity contribution in [3.63, 3.8) is 0 Å². The van der Waals surface area contributed by atoms with Crippen LogP contribution in [0.15, 0.2) is 40.7 Å². The highest BCUT2D eigenvalue weighted by Crippen LogP contribution is 2.37. The number of rotatable bonds is 6. The maximum atomic E-state index is 12.8. The second kappa shape index (κ2) is 7.84. The van der Waals surface area contributed by atoms with Gasteiger partial charge in [0.05, 0.1) is 38.8 Å². The van der Waals surface area contributed by atoms with Gasteiger partial charge in [-0.1, -0.05) is 17.8 Å². The molecule has 0 N–H and O–H groups in total. The number of nitro benzene ring substituents is 1. The Morgan fingerprint density at radius 2 is 2.07 bits per heavy atom. The molecule has 1 aliphatic heterocycles. The molecule has 2 heterocycles. The van der Waals surface area contributed by atoms with Gasteiger partial charge in [-0.3, -0.25) is 24.5 Å². The van der Waals surface area contributed by atoms with E-state index in [1.807, 2.05) is 0 Å². The highest BCUT2D eigenvalue weighted by atomic mass is 32.2. The lowest BCUT2D eigenvalue weighted by atomic mass is 10.1. The van der Waals surface area contributed by atoms with Crippen LogP contribution in [0.4, 0.5) is 11.4 Å². The Balaban J connectivity index is 1.64. The number of hydrogen-bond donors (Lipinski definition) is 0. The number of hydrogen-bond acceptors (Lipinski definition) is 9. The summed E-state index contributed by atoms with van der Waals surface area (Å²) in [7, 11) is 0. The third-order valence-corrected chi connectivity index (χ3v) is 6.45. The number of thioether (sulfide) groups is 1. The first kappa shape index (κ1) is 20.0. The Hall–Kier alpha value is -3.31. The highest BCUT2D eigenvalue weighted by Gasteiger charge is 2.41. The van der Waals surface area contributed by atoms with Gasteiger partial charge >= 0.3 is 5.97 Å². The zero-order valence-electron chi connectivity index (χ0n) is 15.5. The van der Waals surface area contributed by atoms with Gasteiger partial charge in [-0.15, -0.1) is 11.3 Å². The molecule has 0 bridgehead atoms. The van der Waals surface area contributed by atoms with Gasteiger partial charge in [0.15, 0.2) is 4.34 Å². The molecule has 1 aliphatic rings. The van der Waals surface area contributed by atoms with Crippen molar-refractivity contribution in [1.82, 2.24) is 4.98 Å². The number of nitrogens with zero attached hydrogens (tertiary/aromatic N) is 3. The molecule has 0 radical (unpaired) electrons. The van der Waals surface area contributed by atoms with E-state index in [1.165, 1.54) is 41.3 Å². The van der Waals surface area contributed by atoms with Gasteiger partial charge in [0, 0.05) is 6.07 Å². The zero-order chi connectivity index (χ0) is 21.4. The maximum Gasteiger partial charge on any atom is 0.316 e. The van der Waals surface area contributed by atoms with Crippen molar-refractivity contribution in [2.24, 2.45) is 0 Å². The van der Waals surface area contributed by atoms with Crippen LogP contribution in [0.2, 0.25) is 0 Å². The molecule has 0 atom stereocenters. The number of carbonyl (C=O) groups excluding carboxylic acids is 3. The molecule has 0 spiro atoms. The number of aromatic nitrogens is 1. The van der Waals surface area contributed by atoms with Crippen LogP contribution in [0, 0.1) is 10.1 Å². The third kappa shape index (κ3) is 3.42. The van der Waals surface area contributed by atoms with E-state index in [0.29, 0.717) is 26.9 Å². The summed E-state index contributed by atoms with van der Waals surface area (Å²) in [6.45, 7) is 2.04. The monoisotopic (exact) mass is 443 g/mol. The van der Waals surface area contributed by atoms with E-state index in [-0.39, 0.29) is 22.8 Å². The first-order valence-corrected chi connectivity index (χ1v) is 10.6. The van der Waals surface area contributed by atoms with E-state index in [1.54, 1.807) is 25.1 Å². The van der Waals surface area contributed by atoms with E-state index < -0.39 is 22.4 Å². The number of fused-ring (bicyclic) bond motifs is 2. The van der Waals surface area contributed by atoms with Crippen molar-refractivity contribution < 1.29 is 24.0 Å². The molecule has 0 fully saturated rings. The minimum atomic E-state index is -0.733. The summed E-state index contributed by atoms with van der Waals surface area (Å²) in [5, 5.41) is 11.3. The van der Waals surface area contributed by atoms with Crippen molar-refractivity contribution in [2.75, 3.05) is 17.3 Å². The lowest BCUT2D eigenvalue weighted by molar-refractivity contribution is -0.385. The molecule has 0 unspecified atom stereocenters. The first-order valence-electron chi connectivity index (χ1n) is 8.76. The predicted octanol–water partition coefficient (Wildman–Crippen LogP) is 3.66. The van der Waals surface area contributed by atoms with Crippen LogP contribution in [-0.2, 0) is 9.53 Å². The van der Waals surface area contributed by atoms with Crippen LogP contribution < -0.4 is 4.90 Å². The van der Waals surface area contributed by atoms with Gasteiger partial charge in [0.25, 0.3) is 17.5 Å². The van der Waals surface area contributed by atoms with Gasteiger partial charge in [-0.05, 0) is 31.2 Å². The first-order chi connectivity index (χ1) is 14.4. The summed E-state index contributed by atoms with van der Waals surface area (Å²) in [6, 6.07) is 8.84. The number of ether oxygens (including phenoxy) is 1. The molecule has 2 amide bonds. The van der Waals surface area contributed by atoms with E-state index in [9.17, 15) is 24.5 Å². The Kier molecular flexibility index (Phi) is 5.22. The van der Waals surface area contributed by atoms with Gasteiger partial charge in [0.1, 0.15) is 5.56 Å². The molecule has 1 aromatic heterocycles. The van der Waals surface area contributed by atoms with Crippen LogP contribution >= 0.6 is 23.1 Å². The minimum absolute atomic E-state index is 0.00397. The van der Waals surface area contributed by atoms with E-state index in [4.69, 9.17) is 4.74 Å². The SMILES string of the molecule is CCOC(=O)CSc1nc2ccc(N3C(=O)c4cccc([N+](=O)[O-])c4C3=O)cc2s1. The molecule has 4 rings (SSSR count). The second-order valence-electron chi connectivity index (χ2n) is 6.13. The molecule has 9 nitrogen and oxygen atoms in total. The van der Waals surface area contributed by atoms with Gasteiger partial charge in [0.2, 0.25) is 0 Å². The standard InChI is InChI=1S/C19H13N3O6S2/c1-2-28-15(23)9-29-19-20-12-7-6-10(8-14(12)30-19)21-17(24)11-4-3-5-13(22(26)27)16(11)18(21)25/h3-8H,2,9H2,1H3. The summed E-state index contributed by atoms with van der Waals surface area (Å²) < 4.78 is 6.25. The normalized spacial score (nSPS) is 13.0. The van der Waals surface area contributed by atoms with Crippen molar-refractivity contribution in [3.05, 3.63) is 57.6 Å². The molecule has 11 heteroatoms. The quantitative estimate of drug-likeness (QED) is 0.186. The summed E-state index contributed by atoms with van der Waals surface area (Å²) in [6.07, 6.45) is 0. The number of nitro groups is 1. The van der Waals surface area contributed by atoms with Crippen LogP contribution in [0.5, 0.6) is 0 Å². The average Bonchev–Trinajstić information content (AvgIpc) is 3.24. The lowest BCUT2D eigenvalue weighted by Crippen LogP contribution is -2.29. The third-order valence-electron chi connectivity index (χ3n) is 4.32. The summed E-state index contributed by atoms with van der Waals surface area (Å²) in [5.41, 5.74) is 0.350. The largest absolute Gasteiger partial charge is 0.465 e. The number of esters is 1. The van der Waals surface area contributed by atoms with E-state index in [2.05, 4.69) is 4.98 Å². The van der Waals surface area contributed by atoms with Crippen LogP contribution in [0.3, 0.4) is 0 Å². The van der Waals surface area contributed by atoms with Crippen molar-refractivity contribution >= 4 is 62.5 Å². The van der Waals surface area contributed by atoms with E-state index in [0.717, 1.165) is 4.90 Å². The van der Waals surface area contributed by atoms with Crippen LogP contribution in [0.25, 0.3) is 10.2 Å². The van der Waals surface area contributed by atoms with Gasteiger partial charge in [-0.2, -0.15) is 0 Å².